The molecule has 8 heteroatoms. The van der Waals surface area contributed by atoms with Crippen molar-refractivity contribution in [1.29, 1.82) is 0 Å². The number of aromatic nitrogens is 1. The predicted octanol–water partition coefficient (Wildman–Crippen LogP) is 5.18. The van der Waals surface area contributed by atoms with Crippen LogP contribution in [0.1, 0.15) is 21.5 Å². The van der Waals surface area contributed by atoms with Crippen molar-refractivity contribution in [2.24, 2.45) is 0 Å². The van der Waals surface area contributed by atoms with Crippen LogP contribution < -0.4 is 0 Å². The van der Waals surface area contributed by atoms with E-state index < -0.39 is 15.7 Å². The molecule has 0 atom stereocenters. The highest BCUT2D eigenvalue weighted by Crippen LogP contribution is 2.36. The molecule has 0 bridgehead atoms. The maximum absolute atomic E-state index is 13.5. The number of carbonyl (C=O) groups excluding carboxylic acids is 1. The van der Waals surface area contributed by atoms with E-state index in [1.165, 1.54) is 24.4 Å². The van der Waals surface area contributed by atoms with Crippen molar-refractivity contribution in [3.8, 4) is 20.9 Å². The highest BCUT2D eigenvalue weighted by atomic mass is 32.2. The maximum atomic E-state index is 13.5. The molecule has 0 saturated heterocycles. The smallest absolute Gasteiger partial charge is 0.254 e. The number of fused-ring (bicyclic) bond motifs is 1. The molecule has 1 amide bonds. The second-order valence-corrected chi connectivity index (χ2v) is 11.1. The van der Waals surface area contributed by atoms with Crippen molar-refractivity contribution in [2.45, 2.75) is 17.2 Å². The summed E-state index contributed by atoms with van der Waals surface area (Å²) in [5, 5.41) is 0. The van der Waals surface area contributed by atoms with Crippen LogP contribution in [0.15, 0.2) is 78.0 Å². The SMILES string of the molecule is CN1Cc2cc(-c3ccc(-c4cncc(CS(=O)(=O)c5cccc(F)c5)c4)s3)ccc2C1=O. The zero-order chi connectivity index (χ0) is 23.2. The van der Waals surface area contributed by atoms with Gasteiger partial charge in [0, 0.05) is 46.9 Å². The molecule has 5 nitrogen and oxygen atoms in total. The molecule has 0 N–H and O–H groups in total. The van der Waals surface area contributed by atoms with Crippen molar-refractivity contribution >= 4 is 27.1 Å². The fraction of sp³-hybridized carbons (Fsp3) is 0.120. The molecule has 166 valence electrons. The molecule has 1 aliphatic heterocycles. The molecule has 0 saturated carbocycles. The molecule has 0 radical (unpaired) electrons. The molecule has 1 aliphatic rings. The molecular weight excluding hydrogens is 459 g/mol. The van der Waals surface area contributed by atoms with E-state index in [0.717, 1.165) is 38.1 Å². The van der Waals surface area contributed by atoms with Crippen LogP contribution in [-0.2, 0) is 22.1 Å². The van der Waals surface area contributed by atoms with Crippen molar-refractivity contribution in [3.63, 3.8) is 0 Å². The monoisotopic (exact) mass is 478 g/mol. The van der Waals surface area contributed by atoms with Gasteiger partial charge in [0.15, 0.2) is 9.84 Å². The Hall–Kier alpha value is -3.36. The molecule has 2 aromatic carbocycles. The number of nitrogens with zero attached hydrogens (tertiary/aromatic N) is 2. The number of halogens is 1. The number of hydrogen-bond donors (Lipinski definition) is 0. The number of hydrogen-bond acceptors (Lipinski definition) is 5. The first-order chi connectivity index (χ1) is 15.8. The average Bonchev–Trinajstić information content (AvgIpc) is 3.39. The normalized spacial score (nSPS) is 13.4. The van der Waals surface area contributed by atoms with Gasteiger partial charge in [0.2, 0.25) is 0 Å². The van der Waals surface area contributed by atoms with Gasteiger partial charge in [0.25, 0.3) is 5.91 Å². The zero-order valence-corrected chi connectivity index (χ0v) is 19.3. The van der Waals surface area contributed by atoms with Gasteiger partial charge in [0.1, 0.15) is 5.82 Å². The summed E-state index contributed by atoms with van der Waals surface area (Å²) in [5.41, 5.74) is 4.14. The number of amides is 1. The van der Waals surface area contributed by atoms with E-state index in [2.05, 4.69) is 4.98 Å². The first-order valence-electron chi connectivity index (χ1n) is 10.2. The molecule has 0 fully saturated rings. The summed E-state index contributed by atoms with van der Waals surface area (Å²) in [6.45, 7) is 0.603. The fourth-order valence-electron chi connectivity index (χ4n) is 3.93. The molecule has 5 rings (SSSR count). The Kier molecular flexibility index (Phi) is 5.34. The Labute approximate surface area is 195 Å². The Morgan fingerprint density at radius 3 is 2.58 bits per heavy atom. The molecular formula is C25H19FN2O3S2. The predicted molar refractivity (Wildman–Crippen MR) is 126 cm³/mol. The Morgan fingerprint density at radius 2 is 1.79 bits per heavy atom. The lowest BCUT2D eigenvalue weighted by Crippen LogP contribution is -2.17. The van der Waals surface area contributed by atoms with Gasteiger partial charge in [-0.05, 0) is 65.2 Å². The second-order valence-electron chi connectivity index (χ2n) is 8.00. The Bertz CT molecular complexity index is 1500. The molecule has 0 unspecified atom stereocenters. The van der Waals surface area contributed by atoms with Gasteiger partial charge in [-0.3, -0.25) is 9.78 Å². The lowest BCUT2D eigenvalue weighted by Gasteiger charge is -2.06. The summed E-state index contributed by atoms with van der Waals surface area (Å²) >= 11 is 1.57. The van der Waals surface area contributed by atoms with Crippen LogP contribution in [0.4, 0.5) is 4.39 Å². The Balaban J connectivity index is 1.41. The molecule has 0 spiro atoms. The minimum Gasteiger partial charge on any atom is -0.337 e. The third-order valence-electron chi connectivity index (χ3n) is 5.57. The number of benzene rings is 2. The van der Waals surface area contributed by atoms with Crippen LogP contribution in [0.25, 0.3) is 20.9 Å². The van der Waals surface area contributed by atoms with Crippen LogP contribution in [0, 0.1) is 5.82 Å². The van der Waals surface area contributed by atoms with Gasteiger partial charge in [-0.2, -0.15) is 0 Å². The molecule has 0 aliphatic carbocycles. The number of thiophene rings is 1. The van der Waals surface area contributed by atoms with Crippen molar-refractivity contribution in [2.75, 3.05) is 7.05 Å². The largest absolute Gasteiger partial charge is 0.337 e. The molecule has 2 aromatic heterocycles. The minimum absolute atomic E-state index is 0.0412. The van der Waals surface area contributed by atoms with Crippen molar-refractivity contribution < 1.29 is 17.6 Å². The maximum Gasteiger partial charge on any atom is 0.254 e. The standard InChI is InChI=1S/C25H19FN2O3S2/c1-28-14-19-10-17(5-6-22(19)25(28)29)23-7-8-24(32-23)18-9-16(12-27-13-18)15-33(30,31)21-4-2-3-20(26)11-21/h2-13H,14-15H2,1H3. The van der Waals surface area contributed by atoms with Gasteiger partial charge < -0.3 is 4.90 Å². The van der Waals surface area contributed by atoms with Gasteiger partial charge in [0.05, 0.1) is 10.6 Å². The minimum atomic E-state index is -3.70. The summed E-state index contributed by atoms with van der Waals surface area (Å²) in [4.78, 5) is 20.0. The van der Waals surface area contributed by atoms with Gasteiger partial charge in [-0.15, -0.1) is 11.3 Å². The van der Waals surface area contributed by atoms with E-state index in [0.29, 0.717) is 12.1 Å². The Morgan fingerprint density at radius 1 is 1.00 bits per heavy atom. The first kappa shape index (κ1) is 21.5. The number of sulfone groups is 1. The van der Waals surface area contributed by atoms with Crippen LogP contribution in [0.3, 0.4) is 0 Å². The summed E-state index contributed by atoms with van der Waals surface area (Å²) in [5.74, 6) is -0.807. The highest BCUT2D eigenvalue weighted by molar-refractivity contribution is 7.90. The lowest BCUT2D eigenvalue weighted by atomic mass is 10.1. The van der Waals surface area contributed by atoms with E-state index in [9.17, 15) is 17.6 Å². The first-order valence-corrected chi connectivity index (χ1v) is 12.7. The highest BCUT2D eigenvalue weighted by Gasteiger charge is 2.24. The van der Waals surface area contributed by atoms with Gasteiger partial charge >= 0.3 is 0 Å². The fourth-order valence-corrected chi connectivity index (χ4v) is 6.26. The van der Waals surface area contributed by atoms with E-state index in [-0.39, 0.29) is 16.6 Å². The van der Waals surface area contributed by atoms with Crippen molar-refractivity contribution in [1.82, 2.24) is 9.88 Å². The van der Waals surface area contributed by atoms with E-state index in [1.54, 1.807) is 35.5 Å². The van der Waals surface area contributed by atoms with Gasteiger partial charge in [-0.25, -0.2) is 12.8 Å². The van der Waals surface area contributed by atoms with Crippen LogP contribution in [-0.4, -0.2) is 31.3 Å². The summed E-state index contributed by atoms with van der Waals surface area (Å²) in [7, 11) is -1.90. The quantitative estimate of drug-likeness (QED) is 0.397. The summed E-state index contributed by atoms with van der Waals surface area (Å²) in [6.07, 6.45) is 3.22. The zero-order valence-electron chi connectivity index (χ0n) is 17.7. The van der Waals surface area contributed by atoms with E-state index in [4.69, 9.17) is 0 Å². The summed E-state index contributed by atoms with van der Waals surface area (Å²) < 4.78 is 38.9. The van der Waals surface area contributed by atoms with Crippen LogP contribution in [0.5, 0.6) is 0 Å². The second kappa shape index (κ2) is 8.20. The molecule has 3 heterocycles. The lowest BCUT2D eigenvalue weighted by molar-refractivity contribution is 0.0816. The molecule has 4 aromatic rings. The van der Waals surface area contributed by atoms with Crippen LogP contribution >= 0.6 is 11.3 Å². The van der Waals surface area contributed by atoms with E-state index >= 15 is 0 Å². The van der Waals surface area contributed by atoms with E-state index in [1.807, 2.05) is 30.3 Å². The number of rotatable bonds is 5. The summed E-state index contributed by atoms with van der Waals surface area (Å²) in [6, 6.07) is 16.7. The topological polar surface area (TPSA) is 67.3 Å². The third-order valence-corrected chi connectivity index (χ3v) is 8.44. The third kappa shape index (κ3) is 4.19. The number of carbonyl (C=O) groups is 1. The van der Waals surface area contributed by atoms with Gasteiger partial charge in [-0.1, -0.05) is 12.1 Å². The average molecular weight is 479 g/mol. The van der Waals surface area contributed by atoms with Crippen molar-refractivity contribution in [3.05, 3.63) is 95.6 Å². The van der Waals surface area contributed by atoms with Crippen LogP contribution in [0.2, 0.25) is 0 Å². The number of pyridine rings is 1. The molecule has 33 heavy (non-hydrogen) atoms.